The van der Waals surface area contributed by atoms with E-state index in [2.05, 4.69) is 10.3 Å². The third-order valence-electron chi connectivity index (χ3n) is 2.56. The van der Waals surface area contributed by atoms with Gasteiger partial charge in [-0.15, -0.1) is 0 Å². The predicted molar refractivity (Wildman–Crippen MR) is 70.9 cm³/mol. The Labute approximate surface area is 113 Å². The number of rotatable bonds is 1. The number of thiocarbonyl (C=S) groups is 1. The minimum Gasteiger partial charge on any atom is -0.369 e. The maximum absolute atomic E-state index is 12.6. The quantitative estimate of drug-likeness (QED) is 0.776. The Bertz CT molecular complexity index is 527. The van der Waals surface area contributed by atoms with Crippen molar-refractivity contribution in [2.24, 2.45) is 10.7 Å². The topological polar surface area (TPSA) is 53.6 Å². The van der Waals surface area contributed by atoms with Gasteiger partial charge in [0.05, 0.1) is 12.1 Å². The van der Waals surface area contributed by atoms with E-state index in [4.69, 9.17) is 18.0 Å². The molecule has 1 heterocycles. The van der Waals surface area contributed by atoms with Crippen LogP contribution >= 0.6 is 12.2 Å². The van der Waals surface area contributed by atoms with E-state index < -0.39 is 11.7 Å². The first-order valence-electron chi connectivity index (χ1n) is 5.43. The molecular weight excluding hydrogens is 277 g/mol. The Morgan fingerprint density at radius 1 is 1.42 bits per heavy atom. The first-order valence-corrected chi connectivity index (χ1v) is 5.84. The molecule has 0 aromatic heterocycles. The standard InChI is InChI=1S/C11H11F3N4S/c12-11(13,14)7-2-1-3-8(6-7)17-10(19)18-5-4-16-9(18)15/h1-3,6H,4-5H2,(H2,15,16)(H,17,19). The van der Waals surface area contributed by atoms with Gasteiger partial charge in [-0.2, -0.15) is 13.2 Å². The number of halogens is 3. The first-order chi connectivity index (χ1) is 8.88. The second-order valence-electron chi connectivity index (χ2n) is 3.90. The summed E-state index contributed by atoms with van der Waals surface area (Å²) in [5.41, 5.74) is 5.13. The van der Waals surface area contributed by atoms with Gasteiger partial charge < -0.3 is 11.1 Å². The van der Waals surface area contributed by atoms with Crippen molar-refractivity contribution in [1.82, 2.24) is 4.90 Å². The summed E-state index contributed by atoms with van der Waals surface area (Å²) >= 11 is 5.08. The molecule has 1 aliphatic rings. The molecule has 1 aliphatic heterocycles. The number of guanidine groups is 1. The van der Waals surface area contributed by atoms with E-state index in [1.54, 1.807) is 0 Å². The van der Waals surface area contributed by atoms with Gasteiger partial charge >= 0.3 is 6.18 Å². The molecule has 4 nitrogen and oxygen atoms in total. The Balaban J connectivity index is 2.11. The molecule has 0 saturated carbocycles. The lowest BCUT2D eigenvalue weighted by molar-refractivity contribution is -0.137. The number of hydrogen-bond acceptors (Lipinski definition) is 3. The van der Waals surface area contributed by atoms with Crippen molar-refractivity contribution in [2.75, 3.05) is 18.4 Å². The minimum atomic E-state index is -4.38. The third kappa shape index (κ3) is 3.14. The highest BCUT2D eigenvalue weighted by atomic mass is 32.1. The van der Waals surface area contributed by atoms with Gasteiger partial charge in [-0.3, -0.25) is 9.89 Å². The average molecular weight is 288 g/mol. The summed E-state index contributed by atoms with van der Waals surface area (Å²) in [7, 11) is 0. The number of nitrogens with two attached hydrogens (primary N) is 1. The molecule has 102 valence electrons. The van der Waals surface area contributed by atoms with Crippen LogP contribution in [0.3, 0.4) is 0 Å². The number of anilines is 1. The lowest BCUT2D eigenvalue weighted by Crippen LogP contribution is -2.41. The third-order valence-corrected chi connectivity index (χ3v) is 2.88. The molecule has 19 heavy (non-hydrogen) atoms. The van der Waals surface area contributed by atoms with Crippen LogP contribution in [0, 0.1) is 0 Å². The van der Waals surface area contributed by atoms with Crippen LogP contribution in [0.4, 0.5) is 18.9 Å². The molecular formula is C11H11F3N4S. The summed E-state index contributed by atoms with van der Waals surface area (Å²) in [6, 6.07) is 4.82. The zero-order valence-corrected chi connectivity index (χ0v) is 10.6. The van der Waals surface area contributed by atoms with Crippen LogP contribution in [-0.2, 0) is 6.18 Å². The molecule has 2 rings (SSSR count). The van der Waals surface area contributed by atoms with Crippen molar-refractivity contribution < 1.29 is 13.2 Å². The number of nitrogens with one attached hydrogen (secondary N) is 1. The van der Waals surface area contributed by atoms with Gasteiger partial charge in [-0.1, -0.05) is 6.07 Å². The van der Waals surface area contributed by atoms with Gasteiger partial charge in [0.25, 0.3) is 0 Å². The lowest BCUT2D eigenvalue weighted by atomic mass is 10.2. The Hall–Kier alpha value is -1.83. The molecule has 0 saturated heterocycles. The number of benzene rings is 1. The number of hydrogen-bond donors (Lipinski definition) is 2. The smallest absolute Gasteiger partial charge is 0.369 e. The summed E-state index contributed by atoms with van der Waals surface area (Å²) in [5.74, 6) is 0.268. The van der Waals surface area contributed by atoms with Gasteiger partial charge in [0, 0.05) is 12.2 Å². The van der Waals surface area contributed by atoms with Crippen molar-refractivity contribution in [3.8, 4) is 0 Å². The Kier molecular flexibility index (Phi) is 3.61. The molecule has 1 aromatic rings. The van der Waals surface area contributed by atoms with E-state index in [1.807, 2.05) is 0 Å². The fourth-order valence-electron chi connectivity index (χ4n) is 1.63. The highest BCUT2D eigenvalue weighted by molar-refractivity contribution is 7.80. The van der Waals surface area contributed by atoms with Crippen LogP contribution < -0.4 is 11.1 Å². The minimum absolute atomic E-state index is 0.234. The monoisotopic (exact) mass is 288 g/mol. The molecule has 0 amide bonds. The fourth-order valence-corrected chi connectivity index (χ4v) is 1.94. The molecule has 0 spiro atoms. The van der Waals surface area contributed by atoms with Crippen molar-refractivity contribution >= 4 is 29.0 Å². The second kappa shape index (κ2) is 5.04. The fraction of sp³-hybridized carbons (Fsp3) is 0.273. The van der Waals surface area contributed by atoms with E-state index in [9.17, 15) is 13.2 Å². The van der Waals surface area contributed by atoms with Crippen molar-refractivity contribution in [3.05, 3.63) is 29.8 Å². The lowest BCUT2D eigenvalue weighted by Gasteiger charge is -2.20. The van der Waals surface area contributed by atoms with Crippen LogP contribution in [-0.4, -0.2) is 29.1 Å². The predicted octanol–water partition coefficient (Wildman–Crippen LogP) is 2.03. The first kappa shape index (κ1) is 13.6. The Morgan fingerprint density at radius 2 is 2.16 bits per heavy atom. The van der Waals surface area contributed by atoms with E-state index in [0.29, 0.717) is 13.1 Å². The molecule has 3 N–H and O–H groups in total. The van der Waals surface area contributed by atoms with E-state index >= 15 is 0 Å². The average Bonchev–Trinajstić information content (AvgIpc) is 2.75. The van der Waals surface area contributed by atoms with Crippen LogP contribution in [0.15, 0.2) is 29.3 Å². The number of nitrogens with zero attached hydrogens (tertiary/aromatic N) is 2. The number of alkyl halides is 3. The molecule has 0 radical (unpaired) electrons. The van der Waals surface area contributed by atoms with Crippen molar-refractivity contribution in [1.29, 1.82) is 0 Å². The van der Waals surface area contributed by atoms with Gasteiger partial charge in [0.2, 0.25) is 0 Å². The van der Waals surface area contributed by atoms with Crippen LogP contribution in [0.25, 0.3) is 0 Å². The summed E-state index contributed by atoms with van der Waals surface area (Å²) in [6.07, 6.45) is -4.38. The highest BCUT2D eigenvalue weighted by Gasteiger charge is 2.30. The maximum Gasteiger partial charge on any atom is 0.416 e. The summed E-state index contributed by atoms with van der Waals surface area (Å²) in [4.78, 5) is 5.49. The normalized spacial score (nSPS) is 15.3. The molecule has 0 aliphatic carbocycles. The zero-order chi connectivity index (χ0) is 14.0. The summed E-state index contributed by atoms with van der Waals surface area (Å²) in [6.45, 7) is 1.05. The van der Waals surface area contributed by atoms with Gasteiger partial charge in [0.15, 0.2) is 11.1 Å². The summed E-state index contributed by atoms with van der Waals surface area (Å²) < 4.78 is 37.7. The van der Waals surface area contributed by atoms with Gasteiger partial charge in [-0.25, -0.2) is 0 Å². The summed E-state index contributed by atoms with van der Waals surface area (Å²) in [5, 5.41) is 2.96. The van der Waals surface area contributed by atoms with E-state index in [1.165, 1.54) is 17.0 Å². The second-order valence-corrected chi connectivity index (χ2v) is 4.29. The van der Waals surface area contributed by atoms with Crippen molar-refractivity contribution in [2.45, 2.75) is 6.18 Å². The molecule has 0 atom stereocenters. The van der Waals surface area contributed by atoms with Crippen molar-refractivity contribution in [3.63, 3.8) is 0 Å². The molecule has 8 heteroatoms. The SMILES string of the molecule is NC1=NCCN1C(=S)Nc1cccc(C(F)(F)F)c1. The highest BCUT2D eigenvalue weighted by Crippen LogP contribution is 2.30. The maximum atomic E-state index is 12.6. The zero-order valence-electron chi connectivity index (χ0n) is 9.74. The molecule has 0 unspecified atom stereocenters. The molecule has 1 aromatic carbocycles. The van der Waals surface area contributed by atoms with Crippen LogP contribution in [0.2, 0.25) is 0 Å². The van der Waals surface area contributed by atoms with E-state index in [-0.39, 0.29) is 16.8 Å². The van der Waals surface area contributed by atoms with E-state index in [0.717, 1.165) is 12.1 Å². The van der Waals surface area contributed by atoms with Gasteiger partial charge in [-0.05, 0) is 30.4 Å². The Morgan fingerprint density at radius 3 is 2.74 bits per heavy atom. The number of aliphatic imine (C=N–C) groups is 1. The largest absolute Gasteiger partial charge is 0.416 e. The van der Waals surface area contributed by atoms with Crippen LogP contribution in [0.1, 0.15) is 5.56 Å². The molecule has 0 fully saturated rings. The van der Waals surface area contributed by atoms with Crippen LogP contribution in [0.5, 0.6) is 0 Å². The van der Waals surface area contributed by atoms with Gasteiger partial charge in [0.1, 0.15) is 0 Å². The molecule has 0 bridgehead atoms.